The van der Waals surface area contributed by atoms with Gasteiger partial charge in [-0.3, -0.25) is 4.79 Å². The Bertz CT molecular complexity index is 339. The number of carbonyl (C=O) groups is 1. The number of nitrogens with two attached hydrogens (primary N) is 1. The van der Waals surface area contributed by atoms with Gasteiger partial charge in [-0.1, -0.05) is 6.08 Å². The lowest BCUT2D eigenvalue weighted by atomic mass is 10.0. The zero-order valence-corrected chi connectivity index (χ0v) is 7.13. The minimum atomic E-state index is -0.404. The van der Waals surface area contributed by atoms with Crippen molar-refractivity contribution in [3.63, 3.8) is 0 Å². The van der Waals surface area contributed by atoms with E-state index < -0.39 is 5.91 Å². The van der Waals surface area contributed by atoms with Crippen LogP contribution in [0, 0.1) is 0 Å². The number of nitrogens with one attached hydrogen (secondary N) is 2. The van der Waals surface area contributed by atoms with E-state index in [4.69, 9.17) is 5.73 Å². The second kappa shape index (κ2) is 2.97. The molecule has 4 heteroatoms. The maximum absolute atomic E-state index is 10.9. The Kier molecular flexibility index (Phi) is 1.81. The monoisotopic (exact) mass is 177 g/mol. The van der Waals surface area contributed by atoms with Gasteiger partial charge in [-0.2, -0.15) is 0 Å². The van der Waals surface area contributed by atoms with E-state index in [1.54, 1.807) is 6.08 Å². The molecule has 1 amide bonds. The molecule has 2 aliphatic heterocycles. The maximum Gasteiger partial charge on any atom is 0.264 e. The Morgan fingerprint density at radius 1 is 1.46 bits per heavy atom. The Balaban J connectivity index is 2.26. The van der Waals surface area contributed by atoms with Crippen LogP contribution in [0.25, 0.3) is 0 Å². The number of hydrogen-bond donors (Lipinski definition) is 3. The molecule has 13 heavy (non-hydrogen) atoms. The third-order valence-corrected chi connectivity index (χ3v) is 2.11. The molecular formula is C9H11N3O. The fourth-order valence-corrected chi connectivity index (χ4v) is 1.42. The Labute approximate surface area is 76.2 Å². The molecule has 0 aliphatic carbocycles. The van der Waals surface area contributed by atoms with Gasteiger partial charge in [-0.05, 0) is 18.1 Å². The second-order valence-electron chi connectivity index (χ2n) is 3.01. The van der Waals surface area contributed by atoms with E-state index in [-0.39, 0.29) is 0 Å². The smallest absolute Gasteiger partial charge is 0.264 e. The van der Waals surface area contributed by atoms with Crippen molar-refractivity contribution in [2.45, 2.75) is 6.42 Å². The van der Waals surface area contributed by atoms with Gasteiger partial charge < -0.3 is 16.4 Å². The van der Waals surface area contributed by atoms with Gasteiger partial charge in [0, 0.05) is 18.4 Å². The lowest BCUT2D eigenvalue weighted by molar-refractivity contribution is -0.114. The van der Waals surface area contributed by atoms with Gasteiger partial charge in [-0.25, -0.2) is 0 Å². The van der Waals surface area contributed by atoms with E-state index >= 15 is 0 Å². The van der Waals surface area contributed by atoms with E-state index in [9.17, 15) is 4.79 Å². The molecule has 4 nitrogen and oxygen atoms in total. The second-order valence-corrected chi connectivity index (χ2v) is 3.01. The first kappa shape index (κ1) is 7.91. The fourth-order valence-electron chi connectivity index (χ4n) is 1.42. The average Bonchev–Trinajstić information content (AvgIpc) is 2.17. The highest BCUT2D eigenvalue weighted by Gasteiger charge is 2.16. The molecule has 0 saturated heterocycles. The van der Waals surface area contributed by atoms with Crippen LogP contribution < -0.4 is 16.4 Å². The summed E-state index contributed by atoms with van der Waals surface area (Å²) >= 11 is 0. The molecule has 2 heterocycles. The standard InChI is InChI=1S/C9H11N3O/c10-9(13)8-2-1-6-5-11-4-3-7(6)12-8/h2-3,5,11-12H,1,4H2,(H2,10,13). The molecule has 0 atom stereocenters. The van der Waals surface area contributed by atoms with Gasteiger partial charge in [-0.15, -0.1) is 0 Å². The molecule has 0 aromatic carbocycles. The third kappa shape index (κ3) is 1.42. The third-order valence-electron chi connectivity index (χ3n) is 2.11. The highest BCUT2D eigenvalue weighted by atomic mass is 16.1. The van der Waals surface area contributed by atoms with Crippen molar-refractivity contribution in [1.29, 1.82) is 0 Å². The Morgan fingerprint density at radius 2 is 2.31 bits per heavy atom. The first-order chi connectivity index (χ1) is 6.27. The number of dihydropyridines is 1. The summed E-state index contributed by atoms with van der Waals surface area (Å²) in [5.41, 5.74) is 7.81. The summed E-state index contributed by atoms with van der Waals surface area (Å²) in [7, 11) is 0. The highest BCUT2D eigenvalue weighted by Crippen LogP contribution is 2.20. The topological polar surface area (TPSA) is 67.2 Å². The van der Waals surface area contributed by atoms with Gasteiger partial charge >= 0.3 is 0 Å². The van der Waals surface area contributed by atoms with Crippen molar-refractivity contribution in [3.8, 4) is 0 Å². The van der Waals surface area contributed by atoms with E-state index in [2.05, 4.69) is 10.6 Å². The van der Waals surface area contributed by atoms with Crippen molar-refractivity contribution in [1.82, 2.24) is 10.6 Å². The number of allylic oxidation sites excluding steroid dienone is 2. The Hall–Kier alpha value is -1.71. The van der Waals surface area contributed by atoms with Crippen molar-refractivity contribution in [3.05, 3.63) is 35.3 Å². The summed E-state index contributed by atoms with van der Waals surface area (Å²) < 4.78 is 0. The van der Waals surface area contributed by atoms with E-state index in [0.717, 1.165) is 24.2 Å². The number of rotatable bonds is 1. The lowest BCUT2D eigenvalue weighted by Crippen LogP contribution is -2.31. The van der Waals surface area contributed by atoms with Crippen LogP contribution in [-0.2, 0) is 4.79 Å². The van der Waals surface area contributed by atoms with Gasteiger partial charge in [0.25, 0.3) is 5.91 Å². The van der Waals surface area contributed by atoms with Gasteiger partial charge in [0.1, 0.15) is 5.70 Å². The van der Waals surface area contributed by atoms with Crippen molar-refractivity contribution >= 4 is 5.91 Å². The molecule has 68 valence electrons. The zero-order chi connectivity index (χ0) is 9.26. The minimum Gasteiger partial charge on any atom is -0.387 e. The maximum atomic E-state index is 10.9. The molecule has 0 unspecified atom stereocenters. The zero-order valence-electron chi connectivity index (χ0n) is 7.13. The molecule has 0 saturated carbocycles. The summed E-state index contributed by atoms with van der Waals surface area (Å²) in [6, 6.07) is 0. The molecule has 0 aromatic rings. The average molecular weight is 177 g/mol. The first-order valence-corrected chi connectivity index (χ1v) is 4.17. The molecule has 0 fully saturated rings. The van der Waals surface area contributed by atoms with E-state index in [0.29, 0.717) is 5.70 Å². The van der Waals surface area contributed by atoms with Crippen LogP contribution in [0.15, 0.2) is 35.3 Å². The predicted octanol–water partition coefficient (Wildman–Crippen LogP) is -0.280. The molecule has 0 spiro atoms. The number of carbonyl (C=O) groups excluding carboxylic acids is 1. The first-order valence-electron chi connectivity index (χ1n) is 4.17. The predicted molar refractivity (Wildman–Crippen MR) is 49.2 cm³/mol. The molecule has 2 rings (SSSR count). The van der Waals surface area contributed by atoms with Crippen LogP contribution in [0.1, 0.15) is 6.42 Å². The van der Waals surface area contributed by atoms with E-state index in [1.165, 1.54) is 0 Å². The van der Waals surface area contributed by atoms with Crippen molar-refractivity contribution in [2.24, 2.45) is 5.73 Å². The molecule has 0 radical (unpaired) electrons. The number of amides is 1. The molecule has 4 N–H and O–H groups in total. The van der Waals surface area contributed by atoms with Gasteiger partial charge in [0.2, 0.25) is 0 Å². The van der Waals surface area contributed by atoms with E-state index in [1.807, 2.05) is 12.3 Å². The van der Waals surface area contributed by atoms with Gasteiger partial charge in [0.05, 0.1) is 0 Å². The summed E-state index contributed by atoms with van der Waals surface area (Å²) in [5.74, 6) is -0.404. The van der Waals surface area contributed by atoms with Crippen LogP contribution in [0.2, 0.25) is 0 Å². The largest absolute Gasteiger partial charge is 0.387 e. The summed E-state index contributed by atoms with van der Waals surface area (Å²) in [6.07, 6.45) is 6.52. The van der Waals surface area contributed by atoms with Crippen LogP contribution in [0.4, 0.5) is 0 Å². The number of hydrogen-bond acceptors (Lipinski definition) is 3. The molecule has 2 aliphatic rings. The highest BCUT2D eigenvalue weighted by molar-refractivity contribution is 5.92. The summed E-state index contributed by atoms with van der Waals surface area (Å²) in [6.45, 7) is 0.790. The number of primary amides is 1. The Morgan fingerprint density at radius 3 is 3.08 bits per heavy atom. The SMILES string of the molecule is NC(=O)C1=CCC2=CNCC=C2N1. The summed E-state index contributed by atoms with van der Waals surface area (Å²) in [5, 5.41) is 6.10. The van der Waals surface area contributed by atoms with Crippen molar-refractivity contribution < 1.29 is 4.79 Å². The van der Waals surface area contributed by atoms with Crippen LogP contribution in [0.3, 0.4) is 0 Å². The van der Waals surface area contributed by atoms with Crippen LogP contribution in [-0.4, -0.2) is 12.5 Å². The normalized spacial score (nSPS) is 19.8. The van der Waals surface area contributed by atoms with Crippen molar-refractivity contribution in [2.75, 3.05) is 6.54 Å². The van der Waals surface area contributed by atoms with Crippen LogP contribution in [0.5, 0.6) is 0 Å². The molecule has 0 aromatic heterocycles. The van der Waals surface area contributed by atoms with Gasteiger partial charge in [0.15, 0.2) is 0 Å². The fraction of sp³-hybridized carbons (Fsp3) is 0.222. The quantitative estimate of drug-likeness (QED) is 0.516. The number of fused-ring (bicyclic) bond motifs is 1. The molecular weight excluding hydrogens is 166 g/mol. The summed E-state index contributed by atoms with van der Waals surface area (Å²) in [4.78, 5) is 10.9. The van der Waals surface area contributed by atoms with Crippen LogP contribution >= 0.6 is 0 Å². The molecule has 0 bridgehead atoms. The lowest BCUT2D eigenvalue weighted by Gasteiger charge is -2.22. The minimum absolute atomic E-state index is 0.404.